The number of halogens is 7. The van der Waals surface area contributed by atoms with Gasteiger partial charge in [-0.15, -0.1) is 13.2 Å². The summed E-state index contributed by atoms with van der Waals surface area (Å²) in [5.41, 5.74) is -2.45. The molecule has 0 aliphatic rings. The highest BCUT2D eigenvalue weighted by atomic mass is 127. The normalized spacial score (nSPS) is 12.2. The van der Waals surface area contributed by atoms with Gasteiger partial charge < -0.3 is 9.47 Å². The first-order valence-electron chi connectivity index (χ1n) is 4.57. The molecule has 0 spiro atoms. The van der Waals surface area contributed by atoms with Crippen LogP contribution in [0, 0.1) is 3.57 Å². The van der Waals surface area contributed by atoms with E-state index in [2.05, 4.69) is 14.5 Å². The average Bonchev–Trinajstić information content (AvgIpc) is 2.24. The molecule has 1 aromatic heterocycles. The van der Waals surface area contributed by atoms with E-state index in [1.165, 1.54) is 22.6 Å². The summed E-state index contributed by atoms with van der Waals surface area (Å²) in [7, 11) is 0.855. The third kappa shape index (κ3) is 4.11. The van der Waals surface area contributed by atoms with E-state index in [1.807, 2.05) is 0 Å². The molecule has 0 aliphatic heterocycles. The van der Waals surface area contributed by atoms with Crippen LogP contribution in [0.2, 0.25) is 0 Å². The third-order valence-electron chi connectivity index (χ3n) is 1.83. The highest BCUT2D eigenvalue weighted by Crippen LogP contribution is 2.35. The number of nitrogens with zero attached hydrogens (tertiary/aromatic N) is 1. The summed E-state index contributed by atoms with van der Waals surface area (Å²) in [5.74, 6) is -2.81. The maximum atomic E-state index is 12.5. The number of methoxy groups -OCH3 is 1. The van der Waals surface area contributed by atoms with Crippen LogP contribution in [0.25, 0.3) is 0 Å². The van der Waals surface area contributed by atoms with Gasteiger partial charge >= 0.3 is 18.5 Å². The maximum absolute atomic E-state index is 12.5. The number of aromatic nitrogens is 1. The van der Waals surface area contributed by atoms with Crippen LogP contribution in [0.1, 0.15) is 16.1 Å². The maximum Gasteiger partial charge on any atom is 0.574 e. The molecule has 0 aromatic carbocycles. The molecular formula is C9H4F6INO3. The quantitative estimate of drug-likeness (QED) is 0.423. The van der Waals surface area contributed by atoms with Crippen LogP contribution < -0.4 is 4.74 Å². The smallest absolute Gasteiger partial charge is 0.465 e. The van der Waals surface area contributed by atoms with E-state index in [0.717, 1.165) is 7.11 Å². The molecule has 0 bridgehead atoms. The van der Waals surface area contributed by atoms with Crippen LogP contribution in [0.3, 0.4) is 0 Å². The fraction of sp³-hybridized carbons (Fsp3) is 0.333. The summed E-state index contributed by atoms with van der Waals surface area (Å²) in [6.45, 7) is 0. The summed E-state index contributed by atoms with van der Waals surface area (Å²) in [6.07, 6.45) is -10.3. The van der Waals surface area contributed by atoms with Crippen molar-refractivity contribution >= 4 is 28.6 Å². The lowest BCUT2D eigenvalue weighted by molar-refractivity contribution is -0.276. The van der Waals surface area contributed by atoms with E-state index in [4.69, 9.17) is 0 Å². The fourth-order valence-corrected chi connectivity index (χ4v) is 1.85. The molecule has 0 atom stereocenters. The molecule has 0 N–H and O–H groups in total. The molecule has 0 radical (unpaired) electrons. The van der Waals surface area contributed by atoms with E-state index >= 15 is 0 Å². The second-order valence-electron chi connectivity index (χ2n) is 3.21. The molecule has 0 aliphatic carbocycles. The van der Waals surface area contributed by atoms with Crippen molar-refractivity contribution in [3.05, 3.63) is 20.9 Å². The Balaban J connectivity index is 3.48. The monoisotopic (exact) mass is 415 g/mol. The molecule has 20 heavy (non-hydrogen) atoms. The van der Waals surface area contributed by atoms with Gasteiger partial charge in [0.15, 0.2) is 0 Å². The van der Waals surface area contributed by atoms with Gasteiger partial charge in [0.05, 0.1) is 7.11 Å². The van der Waals surface area contributed by atoms with Crippen LogP contribution in [0.15, 0.2) is 6.07 Å². The van der Waals surface area contributed by atoms with Gasteiger partial charge in [0.2, 0.25) is 5.88 Å². The molecule has 1 heterocycles. The number of alkyl halides is 6. The van der Waals surface area contributed by atoms with Crippen molar-refractivity contribution in [2.45, 2.75) is 12.5 Å². The van der Waals surface area contributed by atoms with E-state index in [0.29, 0.717) is 6.07 Å². The van der Waals surface area contributed by atoms with Gasteiger partial charge in [-0.2, -0.15) is 13.2 Å². The molecule has 0 amide bonds. The predicted octanol–water partition coefficient (Wildman–Crippen LogP) is 3.39. The Bertz CT molecular complexity index is 528. The van der Waals surface area contributed by atoms with E-state index < -0.39 is 39.2 Å². The summed E-state index contributed by atoms with van der Waals surface area (Å²) in [4.78, 5) is 14.0. The summed E-state index contributed by atoms with van der Waals surface area (Å²) in [5, 5.41) is 0. The molecule has 1 rings (SSSR count). The number of hydrogen-bond donors (Lipinski definition) is 0. The number of carbonyl (C=O) groups excluding carboxylic acids is 1. The van der Waals surface area contributed by atoms with Crippen molar-refractivity contribution in [2.75, 3.05) is 7.11 Å². The summed E-state index contributed by atoms with van der Waals surface area (Å²) in [6, 6.07) is 0.413. The van der Waals surface area contributed by atoms with Gasteiger partial charge in [-0.05, 0) is 28.7 Å². The zero-order valence-corrected chi connectivity index (χ0v) is 11.6. The van der Waals surface area contributed by atoms with Crippen molar-refractivity contribution in [3.63, 3.8) is 0 Å². The van der Waals surface area contributed by atoms with Crippen LogP contribution >= 0.6 is 22.6 Å². The van der Waals surface area contributed by atoms with Crippen LogP contribution in [0.5, 0.6) is 5.88 Å². The van der Waals surface area contributed by atoms with Gasteiger partial charge in [-0.25, -0.2) is 9.78 Å². The molecule has 112 valence electrons. The van der Waals surface area contributed by atoms with Crippen molar-refractivity contribution in [1.82, 2.24) is 4.98 Å². The lowest BCUT2D eigenvalue weighted by atomic mass is 10.2. The van der Waals surface area contributed by atoms with Gasteiger partial charge in [0, 0.05) is 3.57 Å². The molecule has 0 saturated carbocycles. The van der Waals surface area contributed by atoms with E-state index in [1.54, 1.807) is 0 Å². The minimum Gasteiger partial charge on any atom is -0.465 e. The standard InChI is InChI=1S/C9H4F6INO3/c1-19-7(18)5-3(16)2-4(8(10,11)12)17-6(5)20-9(13,14)15/h2H,1H3. The fourth-order valence-electron chi connectivity index (χ4n) is 1.11. The highest BCUT2D eigenvalue weighted by molar-refractivity contribution is 14.1. The van der Waals surface area contributed by atoms with Crippen LogP contribution in [-0.2, 0) is 10.9 Å². The minimum absolute atomic E-state index is 0.413. The minimum atomic E-state index is -5.30. The molecule has 11 heteroatoms. The topological polar surface area (TPSA) is 48.4 Å². The molecule has 0 unspecified atom stereocenters. The lowest BCUT2D eigenvalue weighted by Gasteiger charge is -2.15. The Morgan fingerprint density at radius 2 is 1.80 bits per heavy atom. The second-order valence-corrected chi connectivity index (χ2v) is 4.37. The molecular weight excluding hydrogens is 411 g/mol. The third-order valence-corrected chi connectivity index (χ3v) is 2.68. The molecule has 1 aromatic rings. The Hall–Kier alpha value is -1.27. The number of esters is 1. The van der Waals surface area contributed by atoms with Crippen molar-refractivity contribution in [3.8, 4) is 5.88 Å². The molecule has 4 nitrogen and oxygen atoms in total. The highest BCUT2D eigenvalue weighted by Gasteiger charge is 2.39. The first kappa shape index (κ1) is 16.8. The zero-order valence-electron chi connectivity index (χ0n) is 9.40. The first-order valence-corrected chi connectivity index (χ1v) is 5.65. The number of ether oxygens (including phenoxy) is 2. The van der Waals surface area contributed by atoms with E-state index in [9.17, 15) is 31.1 Å². The summed E-state index contributed by atoms with van der Waals surface area (Å²) >= 11 is 1.25. The van der Waals surface area contributed by atoms with Gasteiger partial charge in [-0.3, -0.25) is 0 Å². The predicted molar refractivity (Wildman–Crippen MR) is 60.0 cm³/mol. The van der Waals surface area contributed by atoms with Crippen LogP contribution in [0.4, 0.5) is 26.3 Å². The zero-order chi connectivity index (χ0) is 15.7. The second kappa shape index (κ2) is 5.61. The number of pyridine rings is 1. The van der Waals surface area contributed by atoms with Gasteiger partial charge in [0.1, 0.15) is 11.3 Å². The molecule has 0 saturated heterocycles. The molecule has 0 fully saturated rings. The average molecular weight is 415 g/mol. The van der Waals surface area contributed by atoms with Crippen molar-refractivity contribution in [1.29, 1.82) is 0 Å². The summed E-state index contributed by atoms with van der Waals surface area (Å²) < 4.78 is 81.0. The Kier molecular flexibility index (Phi) is 4.71. The Morgan fingerprint density at radius 1 is 1.25 bits per heavy atom. The number of rotatable bonds is 2. The largest absolute Gasteiger partial charge is 0.574 e. The SMILES string of the molecule is COC(=O)c1c(I)cc(C(F)(F)F)nc1OC(F)(F)F. The first-order chi connectivity index (χ1) is 8.95. The van der Waals surface area contributed by atoms with Gasteiger partial charge in [0.25, 0.3) is 0 Å². The van der Waals surface area contributed by atoms with Crippen LogP contribution in [-0.4, -0.2) is 24.4 Å². The Morgan fingerprint density at radius 3 is 2.20 bits per heavy atom. The number of carbonyl (C=O) groups is 1. The Labute approximate surface area is 121 Å². The van der Waals surface area contributed by atoms with Crippen molar-refractivity contribution in [2.24, 2.45) is 0 Å². The van der Waals surface area contributed by atoms with Crippen molar-refractivity contribution < 1.29 is 40.6 Å². The number of hydrogen-bond acceptors (Lipinski definition) is 4. The van der Waals surface area contributed by atoms with E-state index in [-0.39, 0.29) is 0 Å². The van der Waals surface area contributed by atoms with Gasteiger partial charge in [-0.1, -0.05) is 0 Å². The lowest BCUT2D eigenvalue weighted by Crippen LogP contribution is -2.22.